The predicted octanol–water partition coefficient (Wildman–Crippen LogP) is 2.32. The molecule has 4 nitrogen and oxygen atoms in total. The Morgan fingerprint density at radius 1 is 1.53 bits per heavy atom. The van der Waals surface area contributed by atoms with Gasteiger partial charge in [0.05, 0.1) is 18.3 Å². The fourth-order valence-corrected chi connectivity index (χ4v) is 2.68. The molecule has 0 spiro atoms. The highest BCUT2D eigenvalue weighted by molar-refractivity contribution is 7.99. The first kappa shape index (κ1) is 14.2. The molecule has 1 aliphatic heterocycles. The van der Waals surface area contributed by atoms with Gasteiger partial charge in [0, 0.05) is 11.6 Å². The summed E-state index contributed by atoms with van der Waals surface area (Å²) in [4.78, 5) is 12.1. The number of hydrogen-bond acceptors (Lipinski definition) is 4. The lowest BCUT2D eigenvalue weighted by molar-refractivity contribution is -0.117. The van der Waals surface area contributed by atoms with Crippen LogP contribution in [0.4, 0.5) is 5.69 Å². The number of ether oxygens (including phenoxy) is 1. The minimum Gasteiger partial charge on any atom is -0.491 e. The third-order valence-corrected chi connectivity index (χ3v) is 3.69. The molecule has 0 aromatic heterocycles. The molecule has 2 N–H and O–H groups in total. The zero-order valence-corrected chi connectivity index (χ0v) is 12.1. The molecule has 0 radical (unpaired) electrons. The predicted molar refractivity (Wildman–Crippen MR) is 79.7 cm³/mol. The Balaban J connectivity index is 2.00. The summed E-state index contributed by atoms with van der Waals surface area (Å²) in [5, 5.41) is 6.09. The number of anilines is 1. The second kappa shape index (κ2) is 6.82. The minimum absolute atomic E-state index is 0.00518. The number of carbonyl (C=O) groups is 1. The van der Waals surface area contributed by atoms with Crippen molar-refractivity contribution < 1.29 is 9.53 Å². The molecule has 5 heteroatoms. The first-order valence-electron chi connectivity index (χ1n) is 6.50. The van der Waals surface area contributed by atoms with Crippen LogP contribution in [0.2, 0.25) is 0 Å². The molecule has 0 aliphatic carbocycles. The molecular weight excluding hydrogens is 260 g/mol. The van der Waals surface area contributed by atoms with E-state index >= 15 is 0 Å². The number of nitrogens with one attached hydrogen (secondary N) is 2. The number of para-hydroxylation sites is 2. The van der Waals surface area contributed by atoms with Crippen molar-refractivity contribution in [1.82, 2.24) is 5.32 Å². The van der Waals surface area contributed by atoms with Crippen LogP contribution >= 0.6 is 11.8 Å². The van der Waals surface area contributed by atoms with Crippen molar-refractivity contribution in [2.24, 2.45) is 5.92 Å². The zero-order chi connectivity index (χ0) is 13.7. The average molecular weight is 280 g/mol. The van der Waals surface area contributed by atoms with Gasteiger partial charge in [-0.25, -0.2) is 0 Å². The van der Waals surface area contributed by atoms with E-state index in [0.717, 1.165) is 23.1 Å². The van der Waals surface area contributed by atoms with Crippen molar-refractivity contribution >= 4 is 23.4 Å². The van der Waals surface area contributed by atoms with Gasteiger partial charge in [-0.1, -0.05) is 26.0 Å². The van der Waals surface area contributed by atoms with Crippen LogP contribution in [-0.4, -0.2) is 30.2 Å². The minimum atomic E-state index is -0.108. The van der Waals surface area contributed by atoms with E-state index in [0.29, 0.717) is 12.5 Å². The zero-order valence-electron chi connectivity index (χ0n) is 11.3. The van der Waals surface area contributed by atoms with Crippen LogP contribution in [0.15, 0.2) is 24.3 Å². The second-order valence-electron chi connectivity index (χ2n) is 4.96. The van der Waals surface area contributed by atoms with Gasteiger partial charge in [0.1, 0.15) is 5.75 Å². The molecule has 104 valence electrons. The number of carbonyl (C=O) groups excluding carboxylic acids is 1. The van der Waals surface area contributed by atoms with Crippen LogP contribution < -0.4 is 15.4 Å². The van der Waals surface area contributed by atoms with Crippen LogP contribution in [-0.2, 0) is 4.79 Å². The molecule has 1 aromatic carbocycles. The van der Waals surface area contributed by atoms with Gasteiger partial charge in [-0.3, -0.25) is 10.1 Å². The highest BCUT2D eigenvalue weighted by Gasteiger charge is 2.23. The van der Waals surface area contributed by atoms with E-state index in [9.17, 15) is 4.79 Å². The Kier molecular flexibility index (Phi) is 5.10. The second-order valence-corrected chi connectivity index (χ2v) is 5.99. The fourth-order valence-electron chi connectivity index (χ4n) is 1.74. The van der Waals surface area contributed by atoms with Crippen LogP contribution in [0.25, 0.3) is 0 Å². The number of rotatable bonds is 5. The third kappa shape index (κ3) is 4.14. The molecule has 1 unspecified atom stereocenters. The van der Waals surface area contributed by atoms with Crippen molar-refractivity contribution in [2.75, 3.05) is 23.6 Å². The third-order valence-electron chi connectivity index (χ3n) is 2.75. The van der Waals surface area contributed by atoms with Crippen molar-refractivity contribution in [3.63, 3.8) is 0 Å². The van der Waals surface area contributed by atoms with Gasteiger partial charge in [-0.2, -0.15) is 0 Å². The summed E-state index contributed by atoms with van der Waals surface area (Å²) in [6.07, 6.45) is 0. The van der Waals surface area contributed by atoms with E-state index in [2.05, 4.69) is 24.5 Å². The summed E-state index contributed by atoms with van der Waals surface area (Å²) in [5.41, 5.74) is 0.742. The Hall–Kier alpha value is -1.20. The Labute approximate surface area is 118 Å². The van der Waals surface area contributed by atoms with Crippen molar-refractivity contribution in [2.45, 2.75) is 19.9 Å². The molecule has 0 saturated carbocycles. The lowest BCUT2D eigenvalue weighted by Crippen LogP contribution is -2.37. The van der Waals surface area contributed by atoms with E-state index in [1.807, 2.05) is 24.3 Å². The van der Waals surface area contributed by atoms with Crippen LogP contribution in [0, 0.1) is 5.92 Å². The molecule has 1 aliphatic rings. The summed E-state index contributed by atoms with van der Waals surface area (Å²) in [6, 6.07) is 7.46. The van der Waals surface area contributed by atoms with E-state index in [4.69, 9.17) is 4.74 Å². The summed E-state index contributed by atoms with van der Waals surface area (Å²) in [6.45, 7) is 4.84. The van der Waals surface area contributed by atoms with E-state index < -0.39 is 0 Å². The largest absolute Gasteiger partial charge is 0.491 e. The van der Waals surface area contributed by atoms with Crippen LogP contribution in [0.3, 0.4) is 0 Å². The Morgan fingerprint density at radius 3 is 3.00 bits per heavy atom. The van der Waals surface area contributed by atoms with Crippen molar-refractivity contribution in [3.05, 3.63) is 24.3 Å². The van der Waals surface area contributed by atoms with Crippen LogP contribution in [0.1, 0.15) is 13.8 Å². The highest BCUT2D eigenvalue weighted by Crippen LogP contribution is 2.25. The van der Waals surface area contributed by atoms with Gasteiger partial charge in [-0.15, -0.1) is 11.8 Å². The summed E-state index contributed by atoms with van der Waals surface area (Å²) in [7, 11) is 0. The lowest BCUT2D eigenvalue weighted by Gasteiger charge is -2.15. The molecule has 19 heavy (non-hydrogen) atoms. The van der Waals surface area contributed by atoms with Gasteiger partial charge in [0.15, 0.2) is 0 Å². The van der Waals surface area contributed by atoms with Crippen LogP contribution in [0.5, 0.6) is 5.75 Å². The maximum Gasteiger partial charge on any atom is 0.242 e. The molecule has 1 atom stereocenters. The normalized spacial score (nSPS) is 18.6. The molecule has 1 saturated heterocycles. The number of thioether (sulfide) groups is 1. The monoisotopic (exact) mass is 280 g/mol. The first-order chi connectivity index (χ1) is 9.16. The van der Waals surface area contributed by atoms with E-state index in [1.54, 1.807) is 11.8 Å². The maximum atomic E-state index is 12.1. The molecule has 2 rings (SSSR count). The highest BCUT2D eigenvalue weighted by atomic mass is 32.2. The smallest absolute Gasteiger partial charge is 0.242 e. The molecule has 1 heterocycles. The quantitative estimate of drug-likeness (QED) is 0.869. The molecule has 1 fully saturated rings. The van der Waals surface area contributed by atoms with E-state index in [-0.39, 0.29) is 11.9 Å². The Morgan fingerprint density at radius 2 is 2.32 bits per heavy atom. The summed E-state index contributed by atoms with van der Waals surface area (Å²) < 4.78 is 5.72. The number of amides is 1. The lowest BCUT2D eigenvalue weighted by atomic mass is 10.2. The Bertz CT molecular complexity index is 431. The van der Waals surface area contributed by atoms with Gasteiger partial charge >= 0.3 is 0 Å². The van der Waals surface area contributed by atoms with Gasteiger partial charge in [0.25, 0.3) is 0 Å². The molecule has 1 amide bonds. The summed E-state index contributed by atoms with van der Waals surface area (Å²) in [5.74, 6) is 2.85. The number of hydrogen-bond donors (Lipinski definition) is 2. The van der Waals surface area contributed by atoms with Gasteiger partial charge < -0.3 is 10.1 Å². The standard InChI is InChI=1S/C14H20N2O2S/c1-10(2)7-18-13-6-4-3-5-11(13)16-14(17)12-8-19-9-15-12/h3-6,10,12,15H,7-9H2,1-2H3,(H,16,17). The fraction of sp³-hybridized carbons (Fsp3) is 0.500. The number of benzene rings is 1. The van der Waals surface area contributed by atoms with Gasteiger partial charge in [0.2, 0.25) is 5.91 Å². The van der Waals surface area contributed by atoms with E-state index in [1.165, 1.54) is 0 Å². The van der Waals surface area contributed by atoms with Crippen molar-refractivity contribution in [3.8, 4) is 5.75 Å². The molecule has 1 aromatic rings. The van der Waals surface area contributed by atoms with Crippen molar-refractivity contribution in [1.29, 1.82) is 0 Å². The van der Waals surface area contributed by atoms with Gasteiger partial charge in [-0.05, 0) is 18.1 Å². The topological polar surface area (TPSA) is 50.4 Å². The maximum absolute atomic E-state index is 12.1. The SMILES string of the molecule is CC(C)COc1ccccc1NC(=O)C1CSCN1. The first-order valence-corrected chi connectivity index (χ1v) is 7.66. The summed E-state index contributed by atoms with van der Waals surface area (Å²) >= 11 is 1.74. The average Bonchev–Trinajstić information content (AvgIpc) is 2.91. The molecule has 0 bridgehead atoms. The molecular formula is C14H20N2O2S.